The molecule has 3 heteroatoms. The summed E-state index contributed by atoms with van der Waals surface area (Å²) in [5.74, 6) is 0. The van der Waals surface area contributed by atoms with Crippen LogP contribution in [0.4, 0.5) is 0 Å². The van der Waals surface area contributed by atoms with Gasteiger partial charge in [-0.2, -0.15) is 0 Å². The fourth-order valence-corrected chi connectivity index (χ4v) is 1.98. The molecule has 1 aromatic rings. The highest BCUT2D eigenvalue weighted by molar-refractivity contribution is 5.13. The van der Waals surface area contributed by atoms with Crippen LogP contribution in [-0.2, 0) is 20.8 Å². The second kappa shape index (κ2) is 8.25. The third-order valence-electron chi connectivity index (χ3n) is 2.99. The Labute approximate surface area is 109 Å². The lowest BCUT2D eigenvalue weighted by Gasteiger charge is -2.22. The van der Waals surface area contributed by atoms with E-state index >= 15 is 0 Å². The maximum Gasteiger partial charge on any atom is 0.157 e. The molecule has 0 radical (unpaired) electrons. The minimum Gasteiger partial charge on any atom is -0.377 e. The van der Waals surface area contributed by atoms with Gasteiger partial charge in [0.1, 0.15) is 0 Å². The molecular formula is C15H22O3. The highest BCUT2D eigenvalue weighted by Gasteiger charge is 2.13. The van der Waals surface area contributed by atoms with Crippen molar-refractivity contribution in [3.05, 3.63) is 35.9 Å². The van der Waals surface area contributed by atoms with E-state index in [-0.39, 0.29) is 6.29 Å². The van der Waals surface area contributed by atoms with Gasteiger partial charge in [0.05, 0.1) is 13.2 Å². The molecule has 1 saturated heterocycles. The van der Waals surface area contributed by atoms with Crippen molar-refractivity contribution < 1.29 is 14.2 Å². The van der Waals surface area contributed by atoms with Crippen LogP contribution in [0, 0.1) is 0 Å². The molecule has 1 atom stereocenters. The third-order valence-corrected chi connectivity index (χ3v) is 2.99. The van der Waals surface area contributed by atoms with Crippen LogP contribution in [0.25, 0.3) is 0 Å². The highest BCUT2D eigenvalue weighted by atomic mass is 16.7. The predicted octanol–water partition coefficient (Wildman–Crippen LogP) is 3.14. The maximum absolute atomic E-state index is 5.63. The average Bonchev–Trinajstić information content (AvgIpc) is 2.45. The Morgan fingerprint density at radius 3 is 2.78 bits per heavy atom. The quantitative estimate of drug-likeness (QED) is 0.696. The molecule has 100 valence electrons. The summed E-state index contributed by atoms with van der Waals surface area (Å²) in [6, 6.07) is 10.2. The minimum atomic E-state index is 0.0212. The molecule has 0 N–H and O–H groups in total. The zero-order valence-corrected chi connectivity index (χ0v) is 10.8. The Morgan fingerprint density at radius 1 is 1.11 bits per heavy atom. The molecule has 0 aromatic heterocycles. The van der Waals surface area contributed by atoms with Gasteiger partial charge in [-0.25, -0.2) is 0 Å². The first kappa shape index (κ1) is 13.5. The van der Waals surface area contributed by atoms with Gasteiger partial charge in [-0.15, -0.1) is 0 Å². The fraction of sp³-hybridized carbons (Fsp3) is 0.600. The molecular weight excluding hydrogens is 228 g/mol. The first-order valence-corrected chi connectivity index (χ1v) is 6.80. The average molecular weight is 250 g/mol. The molecule has 1 aliphatic rings. The van der Waals surface area contributed by atoms with E-state index in [9.17, 15) is 0 Å². The summed E-state index contributed by atoms with van der Waals surface area (Å²) in [6.07, 6.45) is 4.36. The van der Waals surface area contributed by atoms with Crippen LogP contribution in [0.5, 0.6) is 0 Å². The third kappa shape index (κ3) is 5.17. The van der Waals surface area contributed by atoms with Gasteiger partial charge < -0.3 is 14.2 Å². The van der Waals surface area contributed by atoms with E-state index < -0.39 is 0 Å². The summed E-state index contributed by atoms with van der Waals surface area (Å²) >= 11 is 0. The summed E-state index contributed by atoms with van der Waals surface area (Å²) in [7, 11) is 0. The first-order chi connectivity index (χ1) is 8.95. The van der Waals surface area contributed by atoms with Gasteiger partial charge in [0, 0.05) is 13.2 Å². The fourth-order valence-electron chi connectivity index (χ4n) is 1.98. The molecule has 0 aliphatic carbocycles. The summed E-state index contributed by atoms with van der Waals surface area (Å²) in [5, 5.41) is 0. The van der Waals surface area contributed by atoms with Gasteiger partial charge in [0.15, 0.2) is 6.29 Å². The lowest BCUT2D eigenvalue weighted by molar-refractivity contribution is -0.164. The number of hydrogen-bond acceptors (Lipinski definition) is 3. The van der Waals surface area contributed by atoms with E-state index in [2.05, 4.69) is 12.1 Å². The molecule has 1 aromatic carbocycles. The molecule has 1 fully saturated rings. The zero-order chi connectivity index (χ0) is 12.5. The van der Waals surface area contributed by atoms with E-state index in [0.717, 1.165) is 32.7 Å². The molecule has 2 rings (SSSR count). The van der Waals surface area contributed by atoms with Crippen molar-refractivity contribution in [3.8, 4) is 0 Å². The number of rotatable bonds is 7. The van der Waals surface area contributed by atoms with Crippen molar-refractivity contribution in [2.24, 2.45) is 0 Å². The topological polar surface area (TPSA) is 27.7 Å². The Morgan fingerprint density at radius 2 is 2.00 bits per heavy atom. The lowest BCUT2D eigenvalue weighted by Crippen LogP contribution is -2.23. The second-order valence-corrected chi connectivity index (χ2v) is 4.56. The molecule has 0 amide bonds. The first-order valence-electron chi connectivity index (χ1n) is 6.80. The van der Waals surface area contributed by atoms with Crippen molar-refractivity contribution in [3.63, 3.8) is 0 Å². The molecule has 1 unspecified atom stereocenters. The van der Waals surface area contributed by atoms with E-state index in [0.29, 0.717) is 6.61 Å². The molecule has 3 nitrogen and oxygen atoms in total. The SMILES string of the molecule is c1ccc(COCCCOC2CCCCO2)cc1. The van der Waals surface area contributed by atoms with Gasteiger partial charge in [0.25, 0.3) is 0 Å². The number of hydrogen-bond donors (Lipinski definition) is 0. The Kier molecular flexibility index (Phi) is 6.20. The van der Waals surface area contributed by atoms with Crippen LogP contribution >= 0.6 is 0 Å². The van der Waals surface area contributed by atoms with Crippen molar-refractivity contribution in [1.82, 2.24) is 0 Å². The maximum atomic E-state index is 5.63. The van der Waals surface area contributed by atoms with Crippen LogP contribution < -0.4 is 0 Å². The van der Waals surface area contributed by atoms with Crippen molar-refractivity contribution in [1.29, 1.82) is 0 Å². The normalized spacial score (nSPS) is 19.9. The van der Waals surface area contributed by atoms with Crippen LogP contribution in [0.1, 0.15) is 31.2 Å². The highest BCUT2D eigenvalue weighted by Crippen LogP contribution is 2.13. The molecule has 0 spiro atoms. The molecule has 0 saturated carbocycles. The smallest absolute Gasteiger partial charge is 0.157 e. The summed E-state index contributed by atoms with van der Waals surface area (Å²) in [5.41, 5.74) is 1.22. The van der Waals surface area contributed by atoms with Crippen LogP contribution in [0.3, 0.4) is 0 Å². The Hall–Kier alpha value is -0.900. The number of benzene rings is 1. The monoisotopic (exact) mass is 250 g/mol. The van der Waals surface area contributed by atoms with Crippen LogP contribution in [-0.4, -0.2) is 26.1 Å². The second-order valence-electron chi connectivity index (χ2n) is 4.56. The van der Waals surface area contributed by atoms with Crippen molar-refractivity contribution in [2.45, 2.75) is 38.6 Å². The summed E-state index contributed by atoms with van der Waals surface area (Å²) < 4.78 is 16.7. The van der Waals surface area contributed by atoms with Gasteiger partial charge >= 0.3 is 0 Å². The van der Waals surface area contributed by atoms with Gasteiger partial charge in [0.2, 0.25) is 0 Å². The molecule has 1 aliphatic heterocycles. The van der Waals surface area contributed by atoms with E-state index in [1.54, 1.807) is 0 Å². The Bertz CT molecular complexity index is 307. The molecule has 1 heterocycles. The predicted molar refractivity (Wildman–Crippen MR) is 70.3 cm³/mol. The molecule has 18 heavy (non-hydrogen) atoms. The van der Waals surface area contributed by atoms with E-state index in [1.165, 1.54) is 18.4 Å². The summed E-state index contributed by atoms with van der Waals surface area (Å²) in [4.78, 5) is 0. The molecule has 0 bridgehead atoms. The van der Waals surface area contributed by atoms with Crippen LogP contribution in [0.15, 0.2) is 30.3 Å². The van der Waals surface area contributed by atoms with Gasteiger partial charge in [-0.3, -0.25) is 0 Å². The Balaban J connectivity index is 1.46. The standard InChI is InChI=1S/C15H22O3/c1-2-7-14(8-3-1)13-16-10-6-12-18-15-9-4-5-11-17-15/h1-3,7-8,15H,4-6,9-13H2. The summed E-state index contributed by atoms with van der Waals surface area (Å²) in [6.45, 7) is 2.98. The van der Waals surface area contributed by atoms with E-state index in [1.807, 2.05) is 18.2 Å². The van der Waals surface area contributed by atoms with Crippen molar-refractivity contribution >= 4 is 0 Å². The minimum absolute atomic E-state index is 0.0212. The lowest BCUT2D eigenvalue weighted by atomic mass is 10.2. The largest absolute Gasteiger partial charge is 0.377 e. The van der Waals surface area contributed by atoms with E-state index in [4.69, 9.17) is 14.2 Å². The van der Waals surface area contributed by atoms with Crippen molar-refractivity contribution in [2.75, 3.05) is 19.8 Å². The zero-order valence-electron chi connectivity index (χ0n) is 10.8. The number of ether oxygens (including phenoxy) is 3. The van der Waals surface area contributed by atoms with Gasteiger partial charge in [-0.05, 0) is 31.2 Å². The van der Waals surface area contributed by atoms with Crippen LogP contribution in [0.2, 0.25) is 0 Å². The van der Waals surface area contributed by atoms with Gasteiger partial charge in [-0.1, -0.05) is 30.3 Å².